The third-order valence-electron chi connectivity index (χ3n) is 3.26. The van der Waals surface area contributed by atoms with Crippen LogP contribution >= 0.6 is 0 Å². The molecule has 0 saturated heterocycles. The van der Waals surface area contributed by atoms with Crippen LogP contribution in [0.1, 0.15) is 39.5 Å². The molecule has 0 aromatic rings. The maximum Gasteiger partial charge on any atom is 0.225 e. The van der Waals surface area contributed by atoms with Gasteiger partial charge in [0, 0.05) is 12.6 Å². The van der Waals surface area contributed by atoms with Crippen molar-refractivity contribution in [1.29, 1.82) is 0 Å². The second kappa shape index (κ2) is 11.9. The van der Waals surface area contributed by atoms with E-state index in [9.17, 15) is 15.0 Å². The molecule has 7 heteroatoms. The Morgan fingerprint density at radius 2 is 1.95 bits per heavy atom. The Morgan fingerprint density at radius 1 is 1.29 bits per heavy atom. The lowest BCUT2D eigenvalue weighted by atomic mass is 10.0. The second-order valence-electron chi connectivity index (χ2n) is 5.65. The summed E-state index contributed by atoms with van der Waals surface area (Å²) >= 11 is 0. The maximum atomic E-state index is 12.1. The van der Waals surface area contributed by atoms with Gasteiger partial charge in [0.2, 0.25) is 5.91 Å². The first kappa shape index (κ1) is 20.3. The van der Waals surface area contributed by atoms with Gasteiger partial charge in [-0.25, -0.2) is 0 Å². The van der Waals surface area contributed by atoms with Crippen LogP contribution in [0.5, 0.6) is 0 Å². The predicted octanol–water partition coefficient (Wildman–Crippen LogP) is -1.13. The van der Waals surface area contributed by atoms with Gasteiger partial charge in [-0.05, 0) is 39.7 Å². The smallest absolute Gasteiger partial charge is 0.225 e. The van der Waals surface area contributed by atoms with Gasteiger partial charge in [-0.2, -0.15) is 0 Å². The molecule has 0 aliphatic rings. The highest BCUT2D eigenvalue weighted by atomic mass is 16.3. The lowest BCUT2D eigenvalue weighted by Gasteiger charge is -2.24. The Kier molecular flexibility index (Phi) is 11.5. The number of unbranched alkanes of at least 4 members (excludes halogenated alkanes) is 1. The summed E-state index contributed by atoms with van der Waals surface area (Å²) in [6, 6.07) is -0.0573. The molecule has 0 heterocycles. The summed E-state index contributed by atoms with van der Waals surface area (Å²) in [7, 11) is 0. The van der Waals surface area contributed by atoms with Gasteiger partial charge in [-0.3, -0.25) is 4.79 Å². The molecule has 0 aliphatic heterocycles. The van der Waals surface area contributed by atoms with E-state index in [0.717, 1.165) is 19.3 Å². The number of rotatable bonds is 12. The zero-order valence-electron chi connectivity index (χ0n) is 13.2. The van der Waals surface area contributed by atoms with Gasteiger partial charge in [0.05, 0.1) is 24.8 Å². The molecule has 21 heavy (non-hydrogen) atoms. The first-order valence-electron chi connectivity index (χ1n) is 7.69. The quantitative estimate of drug-likeness (QED) is 0.200. The number of hydrogen-bond donors (Lipinski definition) is 6. The van der Waals surface area contributed by atoms with E-state index in [-0.39, 0.29) is 31.1 Å². The van der Waals surface area contributed by atoms with E-state index < -0.39 is 12.0 Å². The number of hydrogen-bond acceptors (Lipinski definition) is 6. The van der Waals surface area contributed by atoms with Crippen LogP contribution in [0.3, 0.4) is 0 Å². The van der Waals surface area contributed by atoms with Crippen molar-refractivity contribution >= 4 is 5.91 Å². The van der Waals surface area contributed by atoms with Crippen LogP contribution in [-0.2, 0) is 4.79 Å². The molecule has 0 radical (unpaired) electrons. The fourth-order valence-corrected chi connectivity index (χ4v) is 2.08. The average Bonchev–Trinajstić information content (AvgIpc) is 2.41. The van der Waals surface area contributed by atoms with Gasteiger partial charge in [-0.1, -0.05) is 6.42 Å². The molecule has 126 valence electrons. The molecular weight excluding hydrogens is 272 g/mol. The van der Waals surface area contributed by atoms with Crippen molar-refractivity contribution < 1.29 is 15.0 Å². The van der Waals surface area contributed by atoms with Crippen LogP contribution in [0.25, 0.3) is 0 Å². The minimum atomic E-state index is -0.620. The SMILES string of the molecule is CC(O)CC(CO)C(=O)NC(CCCCN)CNC(C)N. The molecule has 0 rings (SSSR count). The Hall–Kier alpha value is -0.730. The minimum Gasteiger partial charge on any atom is -0.396 e. The summed E-state index contributed by atoms with van der Waals surface area (Å²) in [5, 5.41) is 24.6. The zero-order chi connectivity index (χ0) is 16.3. The van der Waals surface area contributed by atoms with Crippen molar-refractivity contribution in [2.24, 2.45) is 17.4 Å². The van der Waals surface area contributed by atoms with Gasteiger partial charge in [0.1, 0.15) is 0 Å². The van der Waals surface area contributed by atoms with Crippen LogP contribution < -0.4 is 22.1 Å². The normalized spacial score (nSPS) is 17.0. The van der Waals surface area contributed by atoms with Crippen molar-refractivity contribution in [1.82, 2.24) is 10.6 Å². The summed E-state index contributed by atoms with van der Waals surface area (Å²) in [6.07, 6.45) is 2.11. The van der Waals surface area contributed by atoms with Crippen molar-refractivity contribution in [2.75, 3.05) is 19.7 Å². The van der Waals surface area contributed by atoms with Gasteiger partial charge in [-0.15, -0.1) is 0 Å². The third-order valence-corrected chi connectivity index (χ3v) is 3.26. The molecule has 0 saturated carbocycles. The summed E-state index contributed by atoms with van der Waals surface area (Å²) in [5.74, 6) is -0.820. The molecule has 8 N–H and O–H groups in total. The lowest BCUT2D eigenvalue weighted by molar-refractivity contribution is -0.128. The Morgan fingerprint density at radius 3 is 2.43 bits per heavy atom. The van der Waals surface area contributed by atoms with Crippen LogP contribution in [-0.4, -0.2) is 54.1 Å². The molecule has 0 fully saturated rings. The number of nitrogens with one attached hydrogen (secondary N) is 2. The third kappa shape index (κ3) is 10.6. The molecule has 7 nitrogen and oxygen atoms in total. The van der Waals surface area contributed by atoms with Crippen molar-refractivity contribution in [3.8, 4) is 0 Å². The molecule has 4 atom stereocenters. The number of carbonyl (C=O) groups is 1. The van der Waals surface area contributed by atoms with Crippen LogP contribution in [0.2, 0.25) is 0 Å². The van der Waals surface area contributed by atoms with Gasteiger partial charge in [0.15, 0.2) is 0 Å². The fraction of sp³-hybridized carbons (Fsp3) is 0.929. The van der Waals surface area contributed by atoms with Crippen molar-refractivity contribution in [3.63, 3.8) is 0 Å². The highest BCUT2D eigenvalue weighted by Gasteiger charge is 2.22. The second-order valence-corrected chi connectivity index (χ2v) is 5.65. The average molecular weight is 304 g/mol. The van der Waals surface area contributed by atoms with E-state index in [2.05, 4.69) is 10.6 Å². The van der Waals surface area contributed by atoms with E-state index in [0.29, 0.717) is 13.1 Å². The predicted molar refractivity (Wildman–Crippen MR) is 83.4 cm³/mol. The molecule has 0 spiro atoms. The largest absolute Gasteiger partial charge is 0.396 e. The van der Waals surface area contributed by atoms with Gasteiger partial charge in [0.25, 0.3) is 0 Å². The standard InChI is InChI=1S/C14H32N4O3/c1-10(20)7-12(9-19)14(21)18-13(5-3-4-6-15)8-17-11(2)16/h10-13,17,19-20H,3-9,15-16H2,1-2H3,(H,18,21). The molecule has 0 bridgehead atoms. The van der Waals surface area contributed by atoms with Crippen LogP contribution in [0.4, 0.5) is 0 Å². The molecule has 0 aromatic carbocycles. The van der Waals surface area contributed by atoms with E-state index in [1.807, 2.05) is 6.92 Å². The highest BCUT2D eigenvalue weighted by Crippen LogP contribution is 2.08. The number of aliphatic hydroxyl groups is 2. The molecule has 0 aliphatic carbocycles. The molecule has 1 amide bonds. The molecular formula is C14H32N4O3. The number of amides is 1. The summed E-state index contributed by atoms with van der Waals surface area (Å²) in [5.41, 5.74) is 11.1. The summed E-state index contributed by atoms with van der Waals surface area (Å²) in [6.45, 7) is 4.37. The fourth-order valence-electron chi connectivity index (χ4n) is 2.08. The minimum absolute atomic E-state index is 0.0573. The molecule has 0 aromatic heterocycles. The van der Waals surface area contributed by atoms with E-state index >= 15 is 0 Å². The van der Waals surface area contributed by atoms with E-state index in [1.54, 1.807) is 6.92 Å². The maximum absolute atomic E-state index is 12.1. The van der Waals surface area contributed by atoms with Crippen molar-refractivity contribution in [2.45, 2.75) is 57.8 Å². The van der Waals surface area contributed by atoms with Crippen molar-refractivity contribution in [3.05, 3.63) is 0 Å². The monoisotopic (exact) mass is 304 g/mol. The first-order valence-corrected chi connectivity index (χ1v) is 7.69. The first-order chi connectivity index (χ1) is 9.90. The topological polar surface area (TPSA) is 134 Å². The Labute approximate surface area is 127 Å². The van der Waals surface area contributed by atoms with Crippen LogP contribution in [0, 0.1) is 5.92 Å². The zero-order valence-corrected chi connectivity index (χ0v) is 13.2. The summed E-state index contributed by atoms with van der Waals surface area (Å²) < 4.78 is 0. The van der Waals surface area contributed by atoms with E-state index in [4.69, 9.17) is 11.5 Å². The van der Waals surface area contributed by atoms with Gasteiger partial charge >= 0.3 is 0 Å². The number of nitrogens with two attached hydrogens (primary N) is 2. The van der Waals surface area contributed by atoms with Crippen LogP contribution in [0.15, 0.2) is 0 Å². The summed E-state index contributed by atoms with van der Waals surface area (Å²) in [4.78, 5) is 12.1. The molecule has 4 unspecified atom stereocenters. The van der Waals surface area contributed by atoms with E-state index in [1.165, 1.54) is 0 Å². The highest BCUT2D eigenvalue weighted by molar-refractivity contribution is 5.79. The Balaban J connectivity index is 4.41. The number of aliphatic hydroxyl groups excluding tert-OH is 2. The lowest BCUT2D eigenvalue weighted by Crippen LogP contribution is -2.48. The van der Waals surface area contributed by atoms with Gasteiger partial charge < -0.3 is 32.3 Å². The Bertz CT molecular complexity index is 275. The number of carbonyl (C=O) groups excluding carboxylic acids is 1.